The quantitative estimate of drug-likeness (QED) is 0.233. The van der Waals surface area contributed by atoms with Crippen molar-refractivity contribution in [3.63, 3.8) is 0 Å². The summed E-state index contributed by atoms with van der Waals surface area (Å²) in [5.41, 5.74) is 2.64. The topological polar surface area (TPSA) is 113 Å². The number of ether oxygens (including phenoxy) is 3. The van der Waals surface area contributed by atoms with Crippen molar-refractivity contribution < 1.29 is 23.8 Å². The minimum Gasteiger partial charge on any atom is -0.490 e. The number of carbonyl (C=O) groups is 2. The van der Waals surface area contributed by atoms with Crippen LogP contribution in [-0.4, -0.2) is 43.7 Å². The van der Waals surface area contributed by atoms with Crippen molar-refractivity contribution in [2.45, 2.75) is 13.3 Å². The molecule has 2 aromatic carbocycles. The Morgan fingerprint density at radius 2 is 2.03 bits per heavy atom. The van der Waals surface area contributed by atoms with Gasteiger partial charge in [0.25, 0.3) is 5.91 Å². The zero-order valence-electron chi connectivity index (χ0n) is 18.8. The Morgan fingerprint density at radius 3 is 2.76 bits per heavy atom. The molecule has 3 rings (SSSR count). The van der Waals surface area contributed by atoms with Crippen LogP contribution in [0.4, 0.5) is 0 Å². The normalized spacial score (nSPS) is 11.1. The number of nitriles is 1. The third-order valence-electron chi connectivity index (χ3n) is 4.92. The van der Waals surface area contributed by atoms with Gasteiger partial charge in [-0.3, -0.25) is 4.79 Å². The van der Waals surface area contributed by atoms with Gasteiger partial charge in [0, 0.05) is 23.6 Å². The predicted octanol–water partition coefficient (Wildman–Crippen LogP) is 4.15. The Balaban J connectivity index is 1.72. The number of hydrogen-bond donors (Lipinski definition) is 2. The number of nitrogens with zero attached hydrogens (tertiary/aromatic N) is 1. The van der Waals surface area contributed by atoms with Gasteiger partial charge in [-0.15, -0.1) is 0 Å². The van der Waals surface area contributed by atoms with E-state index >= 15 is 0 Å². The maximum absolute atomic E-state index is 12.6. The molecule has 1 aromatic heterocycles. The third kappa shape index (κ3) is 6.17. The average Bonchev–Trinajstić information content (AvgIpc) is 3.25. The minimum absolute atomic E-state index is 0.0449. The highest BCUT2D eigenvalue weighted by atomic mass is 79.9. The number of hydrogen-bond acceptors (Lipinski definition) is 6. The largest absolute Gasteiger partial charge is 0.490 e. The van der Waals surface area contributed by atoms with Gasteiger partial charge < -0.3 is 24.5 Å². The predicted molar refractivity (Wildman–Crippen MR) is 131 cm³/mol. The highest BCUT2D eigenvalue weighted by molar-refractivity contribution is 9.10. The summed E-state index contributed by atoms with van der Waals surface area (Å²) in [5, 5.41) is 13.5. The van der Waals surface area contributed by atoms with Gasteiger partial charge in [-0.05, 0) is 64.7 Å². The molecule has 0 bridgehead atoms. The Labute approximate surface area is 205 Å². The first-order chi connectivity index (χ1) is 16.5. The van der Waals surface area contributed by atoms with E-state index in [-0.39, 0.29) is 12.2 Å². The summed E-state index contributed by atoms with van der Waals surface area (Å²) < 4.78 is 16.2. The number of amides is 1. The van der Waals surface area contributed by atoms with E-state index in [1.54, 1.807) is 12.1 Å². The molecule has 3 aromatic rings. The number of H-pyrrole nitrogens is 1. The Hall–Kier alpha value is -3.77. The van der Waals surface area contributed by atoms with Gasteiger partial charge in [0.05, 0.1) is 18.2 Å². The summed E-state index contributed by atoms with van der Waals surface area (Å²) >= 11 is 3.40. The van der Waals surface area contributed by atoms with Crippen molar-refractivity contribution in [1.82, 2.24) is 10.3 Å². The summed E-state index contributed by atoms with van der Waals surface area (Å²) in [6.45, 7) is 2.26. The fourth-order valence-electron chi connectivity index (χ4n) is 3.32. The molecule has 8 nitrogen and oxygen atoms in total. The second-order valence-corrected chi connectivity index (χ2v) is 8.02. The number of para-hydroxylation sites is 1. The highest BCUT2D eigenvalue weighted by Gasteiger charge is 2.16. The zero-order valence-corrected chi connectivity index (χ0v) is 20.4. The molecule has 0 atom stereocenters. The lowest BCUT2D eigenvalue weighted by Crippen LogP contribution is -2.26. The fourth-order valence-corrected chi connectivity index (χ4v) is 3.90. The van der Waals surface area contributed by atoms with E-state index in [0.29, 0.717) is 41.1 Å². The molecule has 0 radical (unpaired) electrons. The van der Waals surface area contributed by atoms with E-state index in [2.05, 4.69) is 31.0 Å². The van der Waals surface area contributed by atoms with Crippen molar-refractivity contribution >= 4 is 44.8 Å². The van der Waals surface area contributed by atoms with Crippen LogP contribution >= 0.6 is 15.9 Å². The smallest absolute Gasteiger partial charge is 0.343 e. The first kappa shape index (κ1) is 24.9. The van der Waals surface area contributed by atoms with E-state index in [1.165, 1.54) is 13.2 Å². The molecule has 2 N–H and O–H groups in total. The number of fused-ring (bicyclic) bond motifs is 1. The van der Waals surface area contributed by atoms with Gasteiger partial charge in [0.15, 0.2) is 18.1 Å². The number of carbonyl (C=O) groups excluding carboxylic acids is 2. The van der Waals surface area contributed by atoms with Gasteiger partial charge in [-0.25, -0.2) is 4.79 Å². The third-order valence-corrected chi connectivity index (χ3v) is 5.51. The molecule has 0 fully saturated rings. The van der Waals surface area contributed by atoms with Gasteiger partial charge >= 0.3 is 5.97 Å². The first-order valence-electron chi connectivity index (χ1n) is 10.6. The van der Waals surface area contributed by atoms with Crippen LogP contribution in [0.5, 0.6) is 11.5 Å². The summed E-state index contributed by atoms with van der Waals surface area (Å²) in [6.07, 6.45) is 4.02. The molecule has 0 saturated carbocycles. The van der Waals surface area contributed by atoms with Crippen LogP contribution in [0.1, 0.15) is 18.1 Å². The lowest BCUT2D eigenvalue weighted by atomic mass is 10.1. The molecule has 1 heterocycles. The SMILES string of the molecule is CCOc1cc(/C=C(/C#N)C(=O)NCCc2c[nH]c3ccccc23)cc(Br)c1OCC(=O)OC. The van der Waals surface area contributed by atoms with Gasteiger partial charge in [-0.1, -0.05) is 18.2 Å². The van der Waals surface area contributed by atoms with Crippen LogP contribution < -0.4 is 14.8 Å². The lowest BCUT2D eigenvalue weighted by molar-refractivity contribution is -0.143. The van der Waals surface area contributed by atoms with Crippen molar-refractivity contribution in [1.29, 1.82) is 5.26 Å². The highest BCUT2D eigenvalue weighted by Crippen LogP contribution is 2.37. The maximum Gasteiger partial charge on any atom is 0.343 e. The number of aromatic amines is 1. The van der Waals surface area contributed by atoms with Crippen molar-refractivity contribution in [3.05, 3.63) is 63.8 Å². The standard InChI is InChI=1S/C25H24BrN3O5/c1-3-33-22-12-16(11-20(26)24(22)34-15-23(30)32-2)10-18(13-27)25(31)28-9-8-17-14-29-21-7-5-4-6-19(17)21/h4-7,10-12,14,29H,3,8-9,15H2,1-2H3,(H,28,31)/b18-10-. The van der Waals surface area contributed by atoms with Gasteiger partial charge in [0.2, 0.25) is 0 Å². The molecule has 0 spiro atoms. The van der Waals surface area contributed by atoms with Crippen LogP contribution in [-0.2, 0) is 20.7 Å². The molecule has 0 unspecified atom stereocenters. The molecule has 0 aliphatic heterocycles. The molecule has 0 aliphatic rings. The van der Waals surface area contributed by atoms with Crippen molar-refractivity contribution in [2.75, 3.05) is 26.9 Å². The number of aromatic nitrogens is 1. The lowest BCUT2D eigenvalue weighted by Gasteiger charge is -2.14. The van der Waals surface area contributed by atoms with Crippen LogP contribution in [0.3, 0.4) is 0 Å². The monoisotopic (exact) mass is 525 g/mol. The summed E-state index contributed by atoms with van der Waals surface area (Å²) in [6, 6.07) is 13.2. The molecule has 0 saturated heterocycles. The Bertz CT molecular complexity index is 1260. The molecular formula is C25H24BrN3O5. The second kappa shape index (κ2) is 11.9. The van der Waals surface area contributed by atoms with Crippen LogP contribution in [0.15, 0.2) is 52.6 Å². The molecule has 0 aliphatic carbocycles. The van der Waals surface area contributed by atoms with E-state index in [9.17, 15) is 14.9 Å². The molecule has 34 heavy (non-hydrogen) atoms. The number of nitrogens with one attached hydrogen (secondary N) is 2. The molecule has 1 amide bonds. The molecular weight excluding hydrogens is 502 g/mol. The van der Waals surface area contributed by atoms with Gasteiger partial charge in [-0.2, -0.15) is 5.26 Å². The maximum atomic E-state index is 12.6. The average molecular weight is 526 g/mol. The number of benzene rings is 2. The van der Waals surface area contributed by atoms with Gasteiger partial charge in [0.1, 0.15) is 11.6 Å². The molecule has 176 valence electrons. The Kier molecular flexibility index (Phi) is 8.71. The zero-order chi connectivity index (χ0) is 24.5. The van der Waals surface area contributed by atoms with E-state index < -0.39 is 11.9 Å². The molecule has 9 heteroatoms. The van der Waals surface area contributed by atoms with Crippen LogP contribution in [0, 0.1) is 11.3 Å². The summed E-state index contributed by atoms with van der Waals surface area (Å²) in [7, 11) is 1.27. The number of methoxy groups -OCH3 is 1. The Morgan fingerprint density at radius 1 is 1.24 bits per heavy atom. The van der Waals surface area contributed by atoms with Crippen molar-refractivity contribution in [3.8, 4) is 17.6 Å². The van der Waals surface area contributed by atoms with Crippen molar-refractivity contribution in [2.24, 2.45) is 0 Å². The fraction of sp³-hybridized carbons (Fsp3) is 0.240. The van der Waals surface area contributed by atoms with Crippen LogP contribution in [0.25, 0.3) is 17.0 Å². The number of esters is 1. The van der Waals surface area contributed by atoms with E-state index in [0.717, 1.165) is 16.5 Å². The van der Waals surface area contributed by atoms with E-state index in [1.807, 2.05) is 43.5 Å². The first-order valence-corrected chi connectivity index (χ1v) is 11.4. The number of rotatable bonds is 10. The number of halogens is 1. The second-order valence-electron chi connectivity index (χ2n) is 7.16. The minimum atomic E-state index is -0.533. The summed E-state index contributed by atoms with van der Waals surface area (Å²) in [4.78, 5) is 27.2. The van der Waals surface area contributed by atoms with E-state index in [4.69, 9.17) is 9.47 Å². The van der Waals surface area contributed by atoms with Crippen LogP contribution in [0.2, 0.25) is 0 Å². The summed E-state index contributed by atoms with van der Waals surface area (Å²) in [5.74, 6) is -0.313.